The lowest BCUT2D eigenvalue weighted by molar-refractivity contribution is -0.143. The largest absolute Gasteiger partial charge is 0.468 e. The van der Waals surface area contributed by atoms with Crippen molar-refractivity contribution in [3.05, 3.63) is 32.1 Å². The number of ketones is 1. The lowest BCUT2D eigenvalue weighted by Crippen LogP contribution is -2.36. The Morgan fingerprint density at radius 1 is 1.45 bits per heavy atom. The second-order valence-corrected chi connectivity index (χ2v) is 7.39. The molecule has 116 valence electrons. The maximum absolute atomic E-state index is 12.5. The van der Waals surface area contributed by atoms with Crippen molar-refractivity contribution in [1.29, 1.82) is 0 Å². The van der Waals surface area contributed by atoms with Gasteiger partial charge in [0.15, 0.2) is 5.78 Å². The summed E-state index contributed by atoms with van der Waals surface area (Å²) in [5, 5.41) is 1.97. The Labute approximate surface area is 141 Å². The van der Waals surface area contributed by atoms with E-state index in [4.69, 9.17) is 4.74 Å². The molecule has 0 amide bonds. The summed E-state index contributed by atoms with van der Waals surface area (Å²) in [6.07, 6.45) is 2.16. The summed E-state index contributed by atoms with van der Waals surface area (Å²) in [4.78, 5) is 30.4. The molecule has 4 nitrogen and oxygen atoms in total. The third-order valence-electron chi connectivity index (χ3n) is 4.18. The molecule has 0 radical (unpaired) electrons. The molecule has 1 aliphatic heterocycles. The van der Waals surface area contributed by atoms with Gasteiger partial charge in [-0.1, -0.05) is 0 Å². The first-order valence-corrected chi connectivity index (χ1v) is 8.83. The summed E-state index contributed by atoms with van der Waals surface area (Å²) >= 11 is 5.01. The van der Waals surface area contributed by atoms with E-state index in [-0.39, 0.29) is 17.7 Å². The van der Waals surface area contributed by atoms with Gasteiger partial charge in [0.1, 0.15) is 5.92 Å². The Hall–Kier alpha value is -1.27. The molecule has 1 unspecified atom stereocenters. The average Bonchev–Trinajstić information content (AvgIpc) is 2.91. The zero-order chi connectivity index (χ0) is 15.9. The number of hydrogen-bond donors (Lipinski definition) is 0. The van der Waals surface area contributed by atoms with E-state index in [1.807, 2.05) is 18.4 Å². The van der Waals surface area contributed by atoms with Crippen LogP contribution in [0, 0.1) is 5.92 Å². The number of halogens is 1. The van der Waals surface area contributed by atoms with Crippen LogP contribution in [0.1, 0.15) is 37.0 Å². The molecule has 0 fully saturated rings. The molecule has 0 saturated carbocycles. The third kappa shape index (κ3) is 2.58. The fourth-order valence-electron chi connectivity index (χ4n) is 3.24. The minimum atomic E-state index is -0.517. The van der Waals surface area contributed by atoms with Crippen LogP contribution in [0.5, 0.6) is 0 Å². The van der Waals surface area contributed by atoms with E-state index < -0.39 is 5.92 Å². The summed E-state index contributed by atoms with van der Waals surface area (Å²) in [7, 11) is 1.38. The van der Waals surface area contributed by atoms with Crippen LogP contribution in [0.25, 0.3) is 0 Å². The average molecular weight is 382 g/mol. The Kier molecular flexibility index (Phi) is 4.32. The fourth-order valence-corrected chi connectivity index (χ4v) is 4.83. The van der Waals surface area contributed by atoms with Crippen molar-refractivity contribution in [3.63, 3.8) is 0 Å². The van der Waals surface area contributed by atoms with Crippen LogP contribution in [0.15, 0.2) is 32.2 Å². The Balaban J connectivity index is 2.17. The fraction of sp³-hybridized carbons (Fsp3) is 0.438. The van der Waals surface area contributed by atoms with E-state index in [0.717, 1.165) is 33.6 Å². The van der Waals surface area contributed by atoms with Gasteiger partial charge in [-0.25, -0.2) is 0 Å². The van der Waals surface area contributed by atoms with Gasteiger partial charge >= 0.3 is 5.97 Å². The number of nitrogens with zero attached hydrogens (tertiary/aromatic N) is 1. The van der Waals surface area contributed by atoms with Crippen molar-refractivity contribution in [2.24, 2.45) is 10.9 Å². The first-order valence-electron chi connectivity index (χ1n) is 7.16. The van der Waals surface area contributed by atoms with Gasteiger partial charge in [-0.05, 0) is 41.8 Å². The van der Waals surface area contributed by atoms with E-state index in [2.05, 4.69) is 20.9 Å². The van der Waals surface area contributed by atoms with Gasteiger partial charge in [0.2, 0.25) is 0 Å². The second-order valence-electron chi connectivity index (χ2n) is 5.54. The van der Waals surface area contributed by atoms with Crippen molar-refractivity contribution >= 4 is 44.7 Å². The van der Waals surface area contributed by atoms with Crippen LogP contribution in [0.2, 0.25) is 0 Å². The number of hydrogen-bond acceptors (Lipinski definition) is 5. The molecule has 22 heavy (non-hydrogen) atoms. The van der Waals surface area contributed by atoms with E-state index in [0.29, 0.717) is 12.0 Å². The van der Waals surface area contributed by atoms with Crippen molar-refractivity contribution in [1.82, 2.24) is 0 Å². The maximum Gasteiger partial charge on any atom is 0.315 e. The number of rotatable bonds is 2. The highest BCUT2D eigenvalue weighted by molar-refractivity contribution is 9.10. The van der Waals surface area contributed by atoms with Gasteiger partial charge in [0.05, 0.1) is 7.11 Å². The molecule has 2 heterocycles. The minimum absolute atomic E-state index is 0.112. The van der Waals surface area contributed by atoms with Gasteiger partial charge in [-0.15, -0.1) is 11.3 Å². The Morgan fingerprint density at radius 3 is 2.86 bits per heavy atom. The molecule has 1 aliphatic carbocycles. The van der Waals surface area contributed by atoms with E-state index in [1.165, 1.54) is 7.11 Å². The number of Topliss-reactive ketones (excluding diaryl/α,β-unsaturated/α-hetero) is 1. The van der Waals surface area contributed by atoms with Crippen molar-refractivity contribution in [3.8, 4) is 0 Å². The zero-order valence-electron chi connectivity index (χ0n) is 12.4. The highest BCUT2D eigenvalue weighted by atomic mass is 79.9. The summed E-state index contributed by atoms with van der Waals surface area (Å²) in [5.74, 6) is -1.01. The molecule has 2 aliphatic rings. The van der Waals surface area contributed by atoms with Gasteiger partial charge in [-0.3, -0.25) is 14.6 Å². The molecular weight excluding hydrogens is 366 g/mol. The quantitative estimate of drug-likeness (QED) is 0.730. The Morgan fingerprint density at radius 2 is 2.23 bits per heavy atom. The molecule has 0 aromatic carbocycles. The van der Waals surface area contributed by atoms with Crippen LogP contribution < -0.4 is 0 Å². The van der Waals surface area contributed by atoms with E-state index in [9.17, 15) is 9.59 Å². The minimum Gasteiger partial charge on any atom is -0.468 e. The monoisotopic (exact) mass is 381 g/mol. The number of aliphatic imine (C=N–C) groups is 1. The number of methoxy groups -OCH3 is 1. The van der Waals surface area contributed by atoms with Crippen molar-refractivity contribution in [2.75, 3.05) is 7.11 Å². The number of allylic oxidation sites excluding steroid dienone is 2. The van der Waals surface area contributed by atoms with E-state index >= 15 is 0 Å². The standard InChI is InChI=1S/C16H16BrNO3S/c1-8-13(16(20)21-2)15(12-6-9(17)7-22-12)14-10(18-8)4-3-5-11(14)19/h6-7,13,15H,3-5H2,1-2H3/t13?,15-/m0/s1. The number of carbonyl (C=O) groups excluding carboxylic acids is 2. The molecule has 0 spiro atoms. The summed E-state index contributed by atoms with van der Waals surface area (Å²) < 4.78 is 5.93. The van der Waals surface area contributed by atoms with Crippen LogP contribution in [-0.4, -0.2) is 24.6 Å². The molecule has 2 atom stereocenters. The highest BCUT2D eigenvalue weighted by Crippen LogP contribution is 2.45. The van der Waals surface area contributed by atoms with Crippen LogP contribution in [-0.2, 0) is 14.3 Å². The van der Waals surface area contributed by atoms with Gasteiger partial charge < -0.3 is 4.74 Å². The molecule has 0 N–H and O–H groups in total. The zero-order valence-corrected chi connectivity index (χ0v) is 14.8. The summed E-state index contributed by atoms with van der Waals surface area (Å²) in [5.41, 5.74) is 2.29. The van der Waals surface area contributed by atoms with Crippen LogP contribution >= 0.6 is 27.3 Å². The molecule has 1 aromatic rings. The van der Waals surface area contributed by atoms with Gasteiger partial charge in [0.25, 0.3) is 0 Å². The molecule has 0 saturated heterocycles. The number of carbonyl (C=O) groups is 2. The molecule has 3 rings (SSSR count). The van der Waals surface area contributed by atoms with E-state index in [1.54, 1.807) is 11.3 Å². The first kappa shape index (κ1) is 15.6. The smallest absolute Gasteiger partial charge is 0.315 e. The summed E-state index contributed by atoms with van der Waals surface area (Å²) in [6.45, 7) is 1.85. The maximum atomic E-state index is 12.5. The topological polar surface area (TPSA) is 55.7 Å². The predicted octanol–water partition coefficient (Wildman–Crippen LogP) is 3.87. The third-order valence-corrected chi connectivity index (χ3v) is 5.96. The van der Waals surface area contributed by atoms with Crippen molar-refractivity contribution in [2.45, 2.75) is 32.1 Å². The van der Waals surface area contributed by atoms with Gasteiger partial charge in [-0.2, -0.15) is 0 Å². The molecular formula is C16H16BrNO3S. The van der Waals surface area contributed by atoms with Crippen molar-refractivity contribution < 1.29 is 14.3 Å². The highest BCUT2D eigenvalue weighted by Gasteiger charge is 2.43. The summed E-state index contributed by atoms with van der Waals surface area (Å²) in [6, 6.07) is 1.98. The van der Waals surface area contributed by atoms with Crippen LogP contribution in [0.4, 0.5) is 0 Å². The molecule has 1 aromatic heterocycles. The lowest BCUT2D eigenvalue weighted by atomic mass is 9.74. The SMILES string of the molecule is COC(=O)C1C(C)=NC2=C(C(=O)CCC2)[C@H]1c1cc(Br)cs1. The normalized spacial score (nSPS) is 24.9. The second kappa shape index (κ2) is 6.08. The predicted molar refractivity (Wildman–Crippen MR) is 89.3 cm³/mol. The van der Waals surface area contributed by atoms with Crippen LogP contribution in [0.3, 0.4) is 0 Å². The number of thiophene rings is 1. The Bertz CT molecular complexity index is 704. The number of esters is 1. The molecule has 6 heteroatoms. The first-order chi connectivity index (χ1) is 10.5. The van der Waals surface area contributed by atoms with Gasteiger partial charge in [0, 0.05) is 44.1 Å². The lowest BCUT2D eigenvalue weighted by Gasteiger charge is -2.33. The number of ether oxygens (including phenoxy) is 1. The molecule has 0 bridgehead atoms.